The number of carbonyl (C=O) groups is 2. The fourth-order valence-electron chi connectivity index (χ4n) is 3.57. The molecule has 0 aromatic heterocycles. The minimum absolute atomic E-state index is 0.146. The number of nitrogens with one attached hydrogen (secondary N) is 1. The lowest BCUT2D eigenvalue weighted by atomic mass is 10.1. The van der Waals surface area contributed by atoms with E-state index in [4.69, 9.17) is 8.92 Å². The van der Waals surface area contributed by atoms with Gasteiger partial charge in [0.1, 0.15) is 18.1 Å². The molecule has 2 unspecified atom stereocenters. The van der Waals surface area contributed by atoms with E-state index in [0.29, 0.717) is 25.1 Å². The summed E-state index contributed by atoms with van der Waals surface area (Å²) in [5, 5.41) is 2.67. The minimum atomic E-state index is -3.69. The third-order valence-corrected chi connectivity index (χ3v) is 5.58. The van der Waals surface area contributed by atoms with Gasteiger partial charge in [-0.05, 0) is 37.5 Å². The Morgan fingerprint density at radius 3 is 2.80 bits per heavy atom. The van der Waals surface area contributed by atoms with E-state index in [1.165, 1.54) is 17.0 Å². The normalized spacial score (nSPS) is 22.2. The van der Waals surface area contributed by atoms with Crippen LogP contribution in [-0.4, -0.2) is 58.6 Å². The second-order valence-corrected chi connectivity index (χ2v) is 8.95. The van der Waals surface area contributed by atoms with Gasteiger partial charge < -0.3 is 15.0 Å². The van der Waals surface area contributed by atoms with E-state index in [0.717, 1.165) is 19.1 Å². The van der Waals surface area contributed by atoms with E-state index in [-0.39, 0.29) is 24.7 Å². The van der Waals surface area contributed by atoms with Crippen LogP contribution in [0, 0.1) is 5.82 Å². The number of hydrogen-bond acceptors (Lipinski definition) is 7. The van der Waals surface area contributed by atoms with Crippen LogP contribution in [0.25, 0.3) is 0 Å². The first kappa shape index (κ1) is 22.3. The molecule has 1 N–H and O–H groups in total. The van der Waals surface area contributed by atoms with Crippen LogP contribution < -0.4 is 15.1 Å². The number of benzene rings is 1. The lowest BCUT2D eigenvalue weighted by Gasteiger charge is -2.36. The molecule has 30 heavy (non-hydrogen) atoms. The Bertz CT molecular complexity index is 910. The molecule has 2 fully saturated rings. The first-order chi connectivity index (χ1) is 14.2. The van der Waals surface area contributed by atoms with Gasteiger partial charge in [0, 0.05) is 13.0 Å². The molecule has 166 valence electrons. The highest BCUT2D eigenvalue weighted by molar-refractivity contribution is 7.86. The standard InChI is InChI=1S/C19H26FN3O6S/c1-3-17(24)21-11-14-12-23(19(25)28-14)13-7-8-16(15(20)10-13)22-9-5-4-6-18(22)29-30(2,26)27/h7-8,10,14,18H,3-6,9,11-12H2,1-2H3,(H,21,24). The summed E-state index contributed by atoms with van der Waals surface area (Å²) >= 11 is 0. The van der Waals surface area contributed by atoms with Crippen LogP contribution in [0.3, 0.4) is 0 Å². The number of carbonyl (C=O) groups excluding carboxylic acids is 2. The summed E-state index contributed by atoms with van der Waals surface area (Å²) in [6, 6.07) is 4.31. The molecule has 0 radical (unpaired) electrons. The van der Waals surface area contributed by atoms with E-state index in [2.05, 4.69) is 5.32 Å². The average molecular weight is 443 g/mol. The molecule has 2 saturated heterocycles. The summed E-state index contributed by atoms with van der Waals surface area (Å²) in [5.41, 5.74) is 0.537. The van der Waals surface area contributed by atoms with Gasteiger partial charge in [-0.25, -0.2) is 13.4 Å². The lowest BCUT2D eigenvalue weighted by molar-refractivity contribution is -0.121. The van der Waals surface area contributed by atoms with Crippen molar-refractivity contribution in [2.75, 3.05) is 35.7 Å². The molecular weight excluding hydrogens is 417 g/mol. The third-order valence-electron chi connectivity index (χ3n) is 5.01. The molecule has 0 spiro atoms. The van der Waals surface area contributed by atoms with Crippen LogP contribution >= 0.6 is 0 Å². The fraction of sp³-hybridized carbons (Fsp3) is 0.579. The molecule has 3 rings (SSSR count). The van der Waals surface area contributed by atoms with Gasteiger partial charge >= 0.3 is 6.09 Å². The maximum Gasteiger partial charge on any atom is 0.414 e. The maximum atomic E-state index is 14.9. The number of cyclic esters (lactones) is 1. The first-order valence-corrected chi connectivity index (χ1v) is 11.7. The van der Waals surface area contributed by atoms with Crippen molar-refractivity contribution in [2.24, 2.45) is 0 Å². The van der Waals surface area contributed by atoms with Crippen molar-refractivity contribution in [1.29, 1.82) is 0 Å². The topological polar surface area (TPSA) is 105 Å². The van der Waals surface area contributed by atoms with Gasteiger partial charge in [0.15, 0.2) is 0 Å². The molecule has 2 aliphatic heterocycles. The summed E-state index contributed by atoms with van der Waals surface area (Å²) in [4.78, 5) is 26.5. The van der Waals surface area contributed by atoms with Gasteiger partial charge in [-0.1, -0.05) is 6.92 Å². The van der Waals surface area contributed by atoms with Crippen molar-refractivity contribution < 1.29 is 31.3 Å². The Hall–Kier alpha value is -2.40. The molecule has 2 aliphatic rings. The molecule has 9 nitrogen and oxygen atoms in total. The molecular formula is C19H26FN3O6S. The van der Waals surface area contributed by atoms with E-state index in [1.54, 1.807) is 17.9 Å². The van der Waals surface area contributed by atoms with Crippen LogP contribution in [0.5, 0.6) is 0 Å². The van der Waals surface area contributed by atoms with Crippen molar-refractivity contribution in [2.45, 2.75) is 44.9 Å². The number of anilines is 2. The summed E-state index contributed by atoms with van der Waals surface area (Å²) in [7, 11) is -3.69. The Morgan fingerprint density at radius 2 is 2.13 bits per heavy atom. The fourth-order valence-corrected chi connectivity index (χ4v) is 4.17. The number of ether oxygens (including phenoxy) is 1. The minimum Gasteiger partial charge on any atom is -0.442 e. The Morgan fingerprint density at radius 1 is 1.37 bits per heavy atom. The highest BCUT2D eigenvalue weighted by Crippen LogP contribution is 2.32. The van der Waals surface area contributed by atoms with Crippen molar-refractivity contribution >= 4 is 33.5 Å². The van der Waals surface area contributed by atoms with E-state index in [9.17, 15) is 22.4 Å². The Labute approximate surface area is 175 Å². The molecule has 0 aliphatic carbocycles. The van der Waals surface area contributed by atoms with Gasteiger partial charge in [0.2, 0.25) is 5.91 Å². The van der Waals surface area contributed by atoms with Gasteiger partial charge in [0.05, 0.1) is 30.7 Å². The van der Waals surface area contributed by atoms with Crippen LogP contribution in [0.4, 0.5) is 20.6 Å². The van der Waals surface area contributed by atoms with E-state index in [1.807, 2.05) is 0 Å². The zero-order valence-corrected chi connectivity index (χ0v) is 17.8. The molecule has 2 heterocycles. The quantitative estimate of drug-likeness (QED) is 0.643. The van der Waals surface area contributed by atoms with Gasteiger partial charge in [0.25, 0.3) is 10.1 Å². The maximum absolute atomic E-state index is 14.9. The van der Waals surface area contributed by atoms with Crippen LogP contribution in [-0.2, 0) is 23.8 Å². The summed E-state index contributed by atoms with van der Waals surface area (Å²) < 4.78 is 48.4. The molecule has 2 amide bonds. The highest BCUT2D eigenvalue weighted by Gasteiger charge is 2.34. The molecule has 11 heteroatoms. The Balaban J connectivity index is 1.73. The number of piperidine rings is 1. The number of rotatable bonds is 7. The van der Waals surface area contributed by atoms with Crippen molar-refractivity contribution in [3.05, 3.63) is 24.0 Å². The zero-order chi connectivity index (χ0) is 21.9. The van der Waals surface area contributed by atoms with Crippen LogP contribution in [0.2, 0.25) is 0 Å². The van der Waals surface area contributed by atoms with E-state index >= 15 is 0 Å². The summed E-state index contributed by atoms with van der Waals surface area (Å²) in [6.45, 7) is 2.56. The number of nitrogens with zero attached hydrogens (tertiary/aromatic N) is 2. The largest absolute Gasteiger partial charge is 0.442 e. The highest BCUT2D eigenvalue weighted by atomic mass is 32.2. The molecule has 0 saturated carbocycles. The predicted molar refractivity (Wildman–Crippen MR) is 108 cm³/mol. The predicted octanol–water partition coefficient (Wildman–Crippen LogP) is 1.97. The molecule has 2 atom stereocenters. The zero-order valence-electron chi connectivity index (χ0n) is 17.0. The number of amides is 2. The lowest BCUT2D eigenvalue weighted by Crippen LogP contribution is -2.43. The van der Waals surface area contributed by atoms with Crippen molar-refractivity contribution in [1.82, 2.24) is 5.32 Å². The Kier molecular flexibility index (Phi) is 6.81. The third kappa shape index (κ3) is 5.39. The second kappa shape index (κ2) is 9.17. The van der Waals surface area contributed by atoms with Crippen LogP contribution in [0.15, 0.2) is 18.2 Å². The molecule has 0 bridgehead atoms. The van der Waals surface area contributed by atoms with Gasteiger partial charge in [-0.2, -0.15) is 8.42 Å². The van der Waals surface area contributed by atoms with Crippen LogP contribution in [0.1, 0.15) is 32.6 Å². The van der Waals surface area contributed by atoms with E-state index < -0.39 is 34.4 Å². The molecule has 1 aromatic carbocycles. The average Bonchev–Trinajstić information content (AvgIpc) is 3.06. The van der Waals surface area contributed by atoms with Crippen molar-refractivity contribution in [3.8, 4) is 0 Å². The molecule has 1 aromatic rings. The van der Waals surface area contributed by atoms with Gasteiger partial charge in [-0.15, -0.1) is 0 Å². The van der Waals surface area contributed by atoms with Crippen molar-refractivity contribution in [3.63, 3.8) is 0 Å². The monoisotopic (exact) mass is 443 g/mol. The SMILES string of the molecule is CCC(=O)NCC1CN(c2ccc(N3CCCCC3OS(C)(=O)=O)c(F)c2)C(=O)O1. The number of hydrogen-bond donors (Lipinski definition) is 1. The second-order valence-electron chi connectivity index (χ2n) is 7.35. The summed E-state index contributed by atoms with van der Waals surface area (Å²) in [5.74, 6) is -0.737. The first-order valence-electron chi connectivity index (χ1n) is 9.87. The smallest absolute Gasteiger partial charge is 0.414 e. The number of halogens is 1. The summed E-state index contributed by atoms with van der Waals surface area (Å²) in [6.07, 6.45) is 1.44. The van der Waals surface area contributed by atoms with Gasteiger partial charge in [-0.3, -0.25) is 9.69 Å².